The van der Waals surface area contributed by atoms with E-state index in [0.29, 0.717) is 16.7 Å². The Bertz CT molecular complexity index is 1670. The molecule has 0 unspecified atom stereocenters. The number of hydroxylamine groups is 2. The van der Waals surface area contributed by atoms with Crippen molar-refractivity contribution < 1.29 is 46.3 Å². The minimum absolute atomic E-state index is 0.0597. The van der Waals surface area contributed by atoms with Crippen molar-refractivity contribution >= 4 is 62.2 Å². The molecule has 2 aliphatic heterocycles. The van der Waals surface area contributed by atoms with Gasteiger partial charge in [-0.25, -0.2) is 9.78 Å². The molecule has 18 nitrogen and oxygen atoms in total. The van der Waals surface area contributed by atoms with E-state index in [9.17, 15) is 27.9 Å². The maximum atomic E-state index is 13.2. The van der Waals surface area contributed by atoms with Crippen molar-refractivity contribution in [3.05, 3.63) is 47.1 Å². The number of oxime groups is 1. The van der Waals surface area contributed by atoms with Gasteiger partial charge in [-0.2, -0.15) is 13.5 Å². The third-order valence-corrected chi connectivity index (χ3v) is 8.05. The number of aliphatic imine (C=N–C) groups is 1. The lowest BCUT2D eigenvalue weighted by Crippen LogP contribution is -2.76. The zero-order valence-corrected chi connectivity index (χ0v) is 27.1. The molecule has 2 amide bonds. The average Bonchev–Trinajstić information content (AvgIpc) is 3.42. The molecule has 254 valence electrons. The number of carboxylic acids is 1. The number of aliphatic carboxylic acids is 1. The molecule has 0 spiro atoms. The Morgan fingerprint density at radius 2 is 2.00 bits per heavy atom. The molecule has 2 fully saturated rings. The second-order valence-corrected chi connectivity index (χ2v) is 12.8. The number of allylic oxidation sites excluding steroid dienone is 1. The molecule has 0 radical (unpaired) electrons. The number of thiazole rings is 1. The van der Waals surface area contributed by atoms with Gasteiger partial charge in [-0.1, -0.05) is 17.3 Å². The van der Waals surface area contributed by atoms with E-state index in [-0.39, 0.29) is 10.8 Å². The first-order valence-electron chi connectivity index (χ1n) is 14.0. The molecule has 20 heteroatoms. The standard InChI is InChI=1S/C27H34N8O10S2/c1-27(2)22(24(37)35(27)45-47(40,41)42)33-23(36)21(19-14-46-26(28)32-19)34-44-20(25(38)39)13-43-18-6-4-16(5-7-18)17(11-29-3)12-31-10-15-8-30-9-15/h4-7,11-12,14-15,20,22,30-31H,8-10,13H2,1-3H3,(H2,28,32)(H,33,36)(H,38,39)(H,40,41,42)/b17-12+,29-11?,34-21-/t20-,22+/m0/s1. The van der Waals surface area contributed by atoms with Crippen molar-refractivity contribution in [2.24, 2.45) is 16.1 Å². The number of β-lactam (4-membered cyclic amide) rings is 1. The molecular weight excluding hydrogens is 660 g/mol. The van der Waals surface area contributed by atoms with Crippen LogP contribution in [0.1, 0.15) is 25.1 Å². The molecule has 7 N–H and O–H groups in total. The van der Waals surface area contributed by atoms with Gasteiger partial charge in [0, 0.05) is 56.0 Å². The van der Waals surface area contributed by atoms with Crippen LogP contribution in [0.2, 0.25) is 0 Å². The van der Waals surface area contributed by atoms with E-state index < -0.39 is 58.2 Å². The van der Waals surface area contributed by atoms with Gasteiger partial charge in [0.05, 0.1) is 5.54 Å². The molecule has 1 aromatic carbocycles. The largest absolute Gasteiger partial charge is 0.489 e. The number of rotatable bonds is 16. The monoisotopic (exact) mass is 694 g/mol. The van der Waals surface area contributed by atoms with Crippen LogP contribution >= 0.6 is 11.3 Å². The predicted octanol–water partition coefficient (Wildman–Crippen LogP) is -0.331. The highest BCUT2D eigenvalue weighted by atomic mass is 32.3. The van der Waals surface area contributed by atoms with Crippen LogP contribution in [-0.2, 0) is 33.9 Å². The summed E-state index contributed by atoms with van der Waals surface area (Å²) in [5, 5.41) is 24.1. The molecule has 2 aromatic rings. The number of ether oxygens (including phenoxy) is 1. The SMILES string of the molecule is CN=C/C(=C\NCC1CNC1)c1ccc(OC[C@H](O/N=C(\C(=O)N[C@@H]2C(=O)N(OS(=O)(=O)O)C2(C)C)c2csc(N)n2)C(=O)O)cc1. The Kier molecular flexibility index (Phi) is 11.1. The third-order valence-electron chi connectivity index (χ3n) is 7.03. The van der Waals surface area contributed by atoms with Crippen molar-refractivity contribution in [2.45, 2.75) is 31.5 Å². The van der Waals surface area contributed by atoms with Crippen molar-refractivity contribution in [3.8, 4) is 5.75 Å². The fourth-order valence-corrected chi connectivity index (χ4v) is 5.36. The van der Waals surface area contributed by atoms with Crippen LogP contribution in [0, 0.1) is 5.92 Å². The number of hydrogen-bond donors (Lipinski definition) is 6. The Labute approximate surface area is 273 Å². The maximum Gasteiger partial charge on any atom is 0.418 e. The van der Waals surface area contributed by atoms with Crippen molar-refractivity contribution in [1.29, 1.82) is 0 Å². The van der Waals surface area contributed by atoms with Gasteiger partial charge in [0.25, 0.3) is 17.9 Å². The molecule has 3 heterocycles. The number of nitrogens with zero attached hydrogens (tertiary/aromatic N) is 4. The minimum Gasteiger partial charge on any atom is -0.489 e. The highest BCUT2D eigenvalue weighted by Gasteiger charge is 2.58. The van der Waals surface area contributed by atoms with Crippen LogP contribution in [0.3, 0.4) is 0 Å². The molecule has 2 saturated heterocycles. The summed E-state index contributed by atoms with van der Waals surface area (Å²) >= 11 is 0.960. The fraction of sp³-hybridized carbons (Fsp3) is 0.407. The quantitative estimate of drug-likeness (QED) is 0.0569. The molecule has 4 rings (SSSR count). The first kappa shape index (κ1) is 35.2. The summed E-state index contributed by atoms with van der Waals surface area (Å²) in [4.78, 5) is 51.0. The highest BCUT2D eigenvalue weighted by molar-refractivity contribution is 7.80. The van der Waals surface area contributed by atoms with Gasteiger partial charge in [-0.05, 0) is 31.5 Å². The number of carboxylic acid groups (broad SMARTS) is 1. The Hall–Kier alpha value is -4.63. The van der Waals surface area contributed by atoms with Crippen LogP contribution < -0.4 is 26.4 Å². The Morgan fingerprint density at radius 1 is 1.30 bits per heavy atom. The molecule has 47 heavy (non-hydrogen) atoms. The third kappa shape index (κ3) is 9.01. The lowest BCUT2D eigenvalue weighted by molar-refractivity contribution is -0.218. The zero-order valence-electron chi connectivity index (χ0n) is 25.4. The van der Waals surface area contributed by atoms with Crippen LogP contribution in [0.4, 0.5) is 5.13 Å². The lowest BCUT2D eigenvalue weighted by atomic mass is 9.84. The van der Waals surface area contributed by atoms with Crippen LogP contribution in [0.25, 0.3) is 5.57 Å². The summed E-state index contributed by atoms with van der Waals surface area (Å²) < 4.78 is 41.0. The molecule has 2 atom stereocenters. The second-order valence-electron chi connectivity index (χ2n) is 10.9. The van der Waals surface area contributed by atoms with Crippen LogP contribution in [0.15, 0.2) is 46.0 Å². The van der Waals surface area contributed by atoms with E-state index in [2.05, 4.69) is 35.4 Å². The number of aromatic nitrogens is 1. The van der Waals surface area contributed by atoms with E-state index in [1.165, 1.54) is 19.2 Å². The van der Waals surface area contributed by atoms with Gasteiger partial charge in [-0.15, -0.1) is 15.6 Å². The van der Waals surface area contributed by atoms with E-state index in [1.807, 2.05) is 6.20 Å². The summed E-state index contributed by atoms with van der Waals surface area (Å²) in [6.45, 7) is 5.00. The van der Waals surface area contributed by atoms with Crippen molar-refractivity contribution in [1.82, 2.24) is 26.0 Å². The van der Waals surface area contributed by atoms with Crippen LogP contribution in [-0.4, -0.2) is 109 Å². The van der Waals surface area contributed by atoms with Gasteiger partial charge < -0.3 is 36.4 Å². The van der Waals surface area contributed by atoms with Gasteiger partial charge >= 0.3 is 16.4 Å². The lowest BCUT2D eigenvalue weighted by Gasteiger charge is -2.50. The number of nitrogens with two attached hydrogens (primary N) is 1. The van der Waals surface area contributed by atoms with Gasteiger partial charge in [0.15, 0.2) is 10.8 Å². The minimum atomic E-state index is -5.02. The van der Waals surface area contributed by atoms with Gasteiger partial charge in [0.1, 0.15) is 24.1 Å². The number of benzene rings is 1. The molecule has 0 bridgehead atoms. The maximum absolute atomic E-state index is 13.2. The van der Waals surface area contributed by atoms with E-state index >= 15 is 0 Å². The zero-order chi connectivity index (χ0) is 34.4. The van der Waals surface area contributed by atoms with Gasteiger partial charge in [-0.3, -0.25) is 19.1 Å². The molecule has 0 aliphatic carbocycles. The van der Waals surface area contributed by atoms with Crippen molar-refractivity contribution in [2.75, 3.05) is 39.0 Å². The summed E-state index contributed by atoms with van der Waals surface area (Å²) in [6.07, 6.45) is 1.91. The number of anilines is 1. The predicted molar refractivity (Wildman–Crippen MR) is 170 cm³/mol. The van der Waals surface area contributed by atoms with E-state index in [0.717, 1.165) is 42.1 Å². The highest BCUT2D eigenvalue weighted by Crippen LogP contribution is 2.33. The van der Waals surface area contributed by atoms with Crippen molar-refractivity contribution in [3.63, 3.8) is 0 Å². The van der Waals surface area contributed by atoms with Gasteiger partial charge in [0.2, 0.25) is 0 Å². The number of amides is 2. The first-order chi connectivity index (χ1) is 22.2. The first-order valence-corrected chi connectivity index (χ1v) is 16.2. The number of hydrogen-bond acceptors (Lipinski definition) is 15. The Morgan fingerprint density at radius 3 is 2.53 bits per heavy atom. The molecule has 1 aromatic heterocycles. The number of carbonyl (C=O) groups excluding carboxylic acids is 2. The molecular formula is C27H34N8O10S2. The summed E-state index contributed by atoms with van der Waals surface area (Å²) in [6, 6.07) is 5.53. The summed E-state index contributed by atoms with van der Waals surface area (Å²) in [5.41, 5.74) is 5.35. The topological polar surface area (TPSA) is 256 Å². The second kappa shape index (κ2) is 14.9. The van der Waals surface area contributed by atoms with Crippen LogP contribution in [0.5, 0.6) is 5.75 Å². The fourth-order valence-electron chi connectivity index (χ4n) is 4.36. The summed E-state index contributed by atoms with van der Waals surface area (Å²) in [7, 11) is -3.35. The Balaban J connectivity index is 1.43. The normalized spacial score (nSPS) is 19.1. The molecule has 0 saturated carbocycles. The van der Waals surface area contributed by atoms with E-state index in [4.69, 9.17) is 19.9 Å². The molecule has 2 aliphatic rings. The smallest absolute Gasteiger partial charge is 0.418 e. The number of nitrogen functional groups attached to an aromatic ring is 1. The number of carbonyl (C=O) groups is 3. The average molecular weight is 695 g/mol. The summed E-state index contributed by atoms with van der Waals surface area (Å²) in [5.74, 6) is -2.56. The van der Waals surface area contributed by atoms with E-state index in [1.54, 1.807) is 37.5 Å². The number of nitrogens with one attached hydrogen (secondary N) is 3.